The zero-order valence-corrected chi connectivity index (χ0v) is 14.4. The molecule has 1 aromatic heterocycles. The number of aromatic nitrogens is 3. The lowest BCUT2D eigenvalue weighted by molar-refractivity contribution is 0.0601. The highest BCUT2D eigenvalue weighted by Crippen LogP contribution is 2.17. The Morgan fingerprint density at radius 3 is 2.71 bits per heavy atom. The Morgan fingerprint density at radius 2 is 2.04 bits per heavy atom. The molecule has 0 bridgehead atoms. The predicted molar refractivity (Wildman–Crippen MR) is 94.7 cm³/mol. The van der Waals surface area contributed by atoms with Crippen molar-refractivity contribution >= 4 is 29.8 Å². The van der Waals surface area contributed by atoms with Crippen LogP contribution >= 0.6 is 23.8 Å². The van der Waals surface area contributed by atoms with Crippen molar-refractivity contribution in [3.8, 4) is 11.4 Å². The van der Waals surface area contributed by atoms with E-state index in [1.54, 1.807) is 28.9 Å². The van der Waals surface area contributed by atoms with Crippen LogP contribution in [0.15, 0.2) is 48.5 Å². The van der Waals surface area contributed by atoms with E-state index < -0.39 is 0 Å². The molecule has 0 saturated carbocycles. The molecule has 1 N–H and O–H groups in total. The number of nitrogens with zero attached hydrogens (tertiary/aromatic N) is 2. The molecule has 0 aliphatic carbocycles. The summed E-state index contributed by atoms with van der Waals surface area (Å²) >= 11 is 11.3. The number of esters is 1. The van der Waals surface area contributed by atoms with E-state index in [-0.39, 0.29) is 5.97 Å². The smallest absolute Gasteiger partial charge is 0.337 e. The molecule has 1 heterocycles. The summed E-state index contributed by atoms with van der Waals surface area (Å²) < 4.78 is 6.90. The normalized spacial score (nSPS) is 10.6. The molecule has 0 fully saturated rings. The van der Waals surface area contributed by atoms with Gasteiger partial charge in [-0.2, -0.15) is 5.10 Å². The molecule has 0 unspecified atom stereocenters. The lowest BCUT2D eigenvalue weighted by Gasteiger charge is -2.02. The molecule has 7 heteroatoms. The van der Waals surface area contributed by atoms with Gasteiger partial charge >= 0.3 is 5.97 Å². The van der Waals surface area contributed by atoms with Crippen LogP contribution in [-0.4, -0.2) is 27.8 Å². The third-order valence-electron chi connectivity index (χ3n) is 3.48. The molecule has 0 saturated heterocycles. The van der Waals surface area contributed by atoms with Gasteiger partial charge < -0.3 is 9.72 Å². The number of hydrogen-bond donors (Lipinski definition) is 1. The first-order chi connectivity index (χ1) is 11.6. The monoisotopic (exact) mass is 359 g/mol. The van der Waals surface area contributed by atoms with Crippen LogP contribution in [-0.2, 0) is 11.3 Å². The molecular formula is C17H14ClN3O2S. The van der Waals surface area contributed by atoms with E-state index in [9.17, 15) is 4.79 Å². The molecule has 2 aromatic carbocycles. The van der Waals surface area contributed by atoms with Crippen LogP contribution in [0.3, 0.4) is 0 Å². The Bertz CT molecular complexity index is 932. The van der Waals surface area contributed by atoms with Gasteiger partial charge in [-0.25, -0.2) is 9.48 Å². The van der Waals surface area contributed by atoms with E-state index in [2.05, 4.69) is 14.8 Å². The minimum Gasteiger partial charge on any atom is -0.465 e. The summed E-state index contributed by atoms with van der Waals surface area (Å²) in [7, 11) is 1.35. The molecule has 3 rings (SSSR count). The highest BCUT2D eigenvalue weighted by atomic mass is 35.5. The second-order valence-corrected chi connectivity index (χ2v) is 5.96. The second kappa shape index (κ2) is 6.98. The molecule has 0 aliphatic rings. The standard InChI is InChI=1S/C17H14ClN3O2S/c1-23-16(22)13-7-5-12(6-8-13)15-19-17(24)21(20-15)10-11-3-2-4-14(18)9-11/h2-9H,10H2,1H3,(H,19,20,24). The summed E-state index contributed by atoms with van der Waals surface area (Å²) in [6, 6.07) is 14.5. The molecule has 3 aromatic rings. The summed E-state index contributed by atoms with van der Waals surface area (Å²) in [5, 5.41) is 5.17. The minimum atomic E-state index is -0.374. The molecule has 24 heavy (non-hydrogen) atoms. The molecule has 0 atom stereocenters. The van der Waals surface area contributed by atoms with E-state index in [4.69, 9.17) is 23.8 Å². The number of aromatic amines is 1. The number of benzene rings is 2. The fraction of sp³-hybridized carbons (Fsp3) is 0.118. The van der Waals surface area contributed by atoms with Crippen LogP contribution in [0.4, 0.5) is 0 Å². The van der Waals surface area contributed by atoms with Crippen LogP contribution < -0.4 is 0 Å². The topological polar surface area (TPSA) is 59.9 Å². The Morgan fingerprint density at radius 1 is 1.29 bits per heavy atom. The SMILES string of the molecule is COC(=O)c1ccc(-c2nn(Cc3cccc(Cl)c3)c(=S)[nH]2)cc1. The first-order valence-corrected chi connectivity index (χ1v) is 7.96. The highest BCUT2D eigenvalue weighted by Gasteiger charge is 2.09. The van der Waals surface area contributed by atoms with Crippen molar-refractivity contribution in [3.05, 3.63) is 69.5 Å². The maximum absolute atomic E-state index is 11.5. The lowest BCUT2D eigenvalue weighted by Crippen LogP contribution is -2.02. The largest absolute Gasteiger partial charge is 0.465 e. The fourth-order valence-electron chi connectivity index (χ4n) is 2.28. The first kappa shape index (κ1) is 16.4. The number of H-pyrrole nitrogens is 1. The van der Waals surface area contributed by atoms with Crippen molar-refractivity contribution < 1.29 is 9.53 Å². The van der Waals surface area contributed by atoms with Gasteiger partial charge in [-0.3, -0.25) is 0 Å². The number of ether oxygens (including phenoxy) is 1. The van der Waals surface area contributed by atoms with Crippen LogP contribution in [0.5, 0.6) is 0 Å². The van der Waals surface area contributed by atoms with Crippen molar-refractivity contribution in [3.63, 3.8) is 0 Å². The van der Waals surface area contributed by atoms with E-state index in [1.165, 1.54) is 7.11 Å². The average molecular weight is 360 g/mol. The molecule has 0 aliphatic heterocycles. The van der Waals surface area contributed by atoms with Gasteiger partial charge in [-0.05, 0) is 42.0 Å². The Hall–Kier alpha value is -2.44. The van der Waals surface area contributed by atoms with Gasteiger partial charge in [-0.1, -0.05) is 35.9 Å². The number of carbonyl (C=O) groups excluding carboxylic acids is 1. The maximum Gasteiger partial charge on any atom is 0.337 e. The van der Waals surface area contributed by atoms with E-state index >= 15 is 0 Å². The zero-order valence-electron chi connectivity index (χ0n) is 12.8. The molecule has 5 nitrogen and oxygen atoms in total. The summed E-state index contributed by atoms with van der Waals surface area (Å²) in [6.45, 7) is 0.524. The number of nitrogens with one attached hydrogen (secondary N) is 1. The van der Waals surface area contributed by atoms with Gasteiger partial charge in [0.25, 0.3) is 0 Å². The number of rotatable bonds is 4. The number of halogens is 1. The van der Waals surface area contributed by atoms with Crippen LogP contribution in [0.2, 0.25) is 5.02 Å². The van der Waals surface area contributed by atoms with Crippen LogP contribution in [0.25, 0.3) is 11.4 Å². The number of hydrogen-bond acceptors (Lipinski definition) is 4. The first-order valence-electron chi connectivity index (χ1n) is 7.17. The van der Waals surface area contributed by atoms with Crippen molar-refractivity contribution in [2.24, 2.45) is 0 Å². The third kappa shape index (κ3) is 3.55. The Labute approximate surface area is 148 Å². The average Bonchev–Trinajstić information content (AvgIpc) is 2.95. The molecule has 0 amide bonds. The zero-order chi connectivity index (χ0) is 17.1. The fourth-order valence-corrected chi connectivity index (χ4v) is 2.70. The van der Waals surface area contributed by atoms with Gasteiger partial charge in [-0.15, -0.1) is 0 Å². The van der Waals surface area contributed by atoms with Crippen molar-refractivity contribution in [2.75, 3.05) is 7.11 Å². The van der Waals surface area contributed by atoms with Crippen LogP contribution in [0.1, 0.15) is 15.9 Å². The Kier molecular flexibility index (Phi) is 4.78. The second-order valence-electron chi connectivity index (χ2n) is 5.14. The maximum atomic E-state index is 11.5. The summed E-state index contributed by atoms with van der Waals surface area (Å²) in [6.07, 6.45) is 0. The molecule has 122 valence electrons. The number of carbonyl (C=O) groups is 1. The number of methoxy groups -OCH3 is 1. The van der Waals surface area contributed by atoms with E-state index in [1.807, 2.05) is 24.3 Å². The van der Waals surface area contributed by atoms with Gasteiger partial charge in [0.1, 0.15) is 0 Å². The lowest BCUT2D eigenvalue weighted by atomic mass is 10.1. The van der Waals surface area contributed by atoms with E-state index in [0.29, 0.717) is 27.7 Å². The summed E-state index contributed by atoms with van der Waals surface area (Å²) in [5.41, 5.74) is 2.33. The van der Waals surface area contributed by atoms with Crippen molar-refractivity contribution in [1.29, 1.82) is 0 Å². The van der Waals surface area contributed by atoms with Gasteiger partial charge in [0, 0.05) is 10.6 Å². The predicted octanol–water partition coefficient (Wildman–Crippen LogP) is 4.10. The summed E-state index contributed by atoms with van der Waals surface area (Å²) in [4.78, 5) is 14.5. The van der Waals surface area contributed by atoms with Crippen molar-refractivity contribution in [1.82, 2.24) is 14.8 Å². The van der Waals surface area contributed by atoms with Crippen LogP contribution in [0, 0.1) is 4.77 Å². The third-order valence-corrected chi connectivity index (χ3v) is 4.03. The Balaban J connectivity index is 1.86. The van der Waals surface area contributed by atoms with E-state index in [0.717, 1.165) is 11.1 Å². The van der Waals surface area contributed by atoms with Gasteiger partial charge in [0.2, 0.25) is 0 Å². The molecule has 0 radical (unpaired) electrons. The molecule has 0 spiro atoms. The van der Waals surface area contributed by atoms with Gasteiger partial charge in [0.15, 0.2) is 10.6 Å². The summed E-state index contributed by atoms with van der Waals surface area (Å²) in [5.74, 6) is 0.263. The quantitative estimate of drug-likeness (QED) is 0.563. The molecular weight excluding hydrogens is 346 g/mol. The van der Waals surface area contributed by atoms with Gasteiger partial charge in [0.05, 0.1) is 19.2 Å². The van der Waals surface area contributed by atoms with Crippen molar-refractivity contribution in [2.45, 2.75) is 6.54 Å². The minimum absolute atomic E-state index is 0.374. The highest BCUT2D eigenvalue weighted by molar-refractivity contribution is 7.71.